The van der Waals surface area contributed by atoms with E-state index in [-0.39, 0.29) is 36.3 Å². The topological polar surface area (TPSA) is 138 Å². The van der Waals surface area contributed by atoms with Crippen molar-refractivity contribution in [3.05, 3.63) is 110 Å². The van der Waals surface area contributed by atoms with Crippen molar-refractivity contribution >= 4 is 28.5 Å². The molecule has 2 aromatic heterocycles. The van der Waals surface area contributed by atoms with Crippen LogP contribution in [0.15, 0.2) is 77.7 Å². The number of carbonyl (C=O) groups is 2. The number of fused-ring (bicyclic) bond motifs is 1. The first-order chi connectivity index (χ1) is 19.8. The van der Waals surface area contributed by atoms with E-state index < -0.39 is 22.8 Å². The highest BCUT2D eigenvalue weighted by Gasteiger charge is 2.30. The molecular formula is C30H31N5O6. The average molecular weight is 558 g/mol. The van der Waals surface area contributed by atoms with Crippen LogP contribution in [0.4, 0.5) is 5.69 Å². The maximum Gasteiger partial charge on any atom is 0.305 e. The highest BCUT2D eigenvalue weighted by molar-refractivity contribution is 5.95. The van der Waals surface area contributed by atoms with Crippen molar-refractivity contribution < 1.29 is 19.2 Å². The molecule has 0 aliphatic rings. The number of amides is 1. The molecule has 1 amide bonds. The molecule has 2 aromatic carbocycles. The zero-order valence-electron chi connectivity index (χ0n) is 22.9. The molecule has 2 heterocycles. The molecule has 0 bridgehead atoms. The Labute approximate surface area is 236 Å². The molecule has 41 heavy (non-hydrogen) atoms. The Kier molecular flexibility index (Phi) is 9.51. The fourth-order valence-corrected chi connectivity index (χ4v) is 4.78. The van der Waals surface area contributed by atoms with Gasteiger partial charge in [-0.2, -0.15) is 0 Å². The van der Waals surface area contributed by atoms with Gasteiger partial charge in [0.1, 0.15) is 5.82 Å². The number of para-hydroxylation sites is 1. The number of aromatic nitrogens is 3. The van der Waals surface area contributed by atoms with Gasteiger partial charge in [-0.1, -0.05) is 31.2 Å². The number of methoxy groups -OCH3 is 1. The fraction of sp³-hybridized carbons (Fsp3) is 0.300. The summed E-state index contributed by atoms with van der Waals surface area (Å²) >= 11 is 0. The number of benzene rings is 2. The van der Waals surface area contributed by atoms with Gasteiger partial charge in [0, 0.05) is 55.5 Å². The second-order valence-electron chi connectivity index (χ2n) is 9.42. The summed E-state index contributed by atoms with van der Waals surface area (Å²) in [6.45, 7) is 2.30. The van der Waals surface area contributed by atoms with Crippen molar-refractivity contribution in [3.63, 3.8) is 0 Å². The van der Waals surface area contributed by atoms with Crippen LogP contribution in [0.5, 0.6) is 0 Å². The van der Waals surface area contributed by atoms with Crippen molar-refractivity contribution in [1.29, 1.82) is 0 Å². The Morgan fingerprint density at radius 3 is 2.59 bits per heavy atom. The van der Waals surface area contributed by atoms with Crippen LogP contribution < -0.4 is 5.56 Å². The van der Waals surface area contributed by atoms with Crippen LogP contribution in [-0.2, 0) is 22.5 Å². The van der Waals surface area contributed by atoms with Crippen LogP contribution in [0.25, 0.3) is 10.9 Å². The quantitative estimate of drug-likeness (QED) is 0.141. The maximum absolute atomic E-state index is 14.0. The van der Waals surface area contributed by atoms with E-state index >= 15 is 0 Å². The summed E-state index contributed by atoms with van der Waals surface area (Å²) in [5.74, 6) is -0.445. The Bertz CT molecular complexity index is 1600. The Balaban J connectivity index is 1.82. The van der Waals surface area contributed by atoms with Crippen molar-refractivity contribution in [1.82, 2.24) is 19.4 Å². The molecule has 0 aliphatic heterocycles. The zero-order valence-corrected chi connectivity index (χ0v) is 22.9. The van der Waals surface area contributed by atoms with E-state index in [4.69, 9.17) is 9.72 Å². The van der Waals surface area contributed by atoms with Crippen molar-refractivity contribution in [2.24, 2.45) is 0 Å². The van der Waals surface area contributed by atoms with E-state index in [1.165, 1.54) is 35.9 Å². The van der Waals surface area contributed by atoms with E-state index in [0.29, 0.717) is 36.0 Å². The average Bonchev–Trinajstić information content (AvgIpc) is 3.00. The summed E-state index contributed by atoms with van der Waals surface area (Å²) in [7, 11) is 1.31. The summed E-state index contributed by atoms with van der Waals surface area (Å²) in [5, 5.41) is 11.9. The van der Waals surface area contributed by atoms with Crippen LogP contribution in [0, 0.1) is 10.1 Å². The minimum atomic E-state index is -0.652. The molecule has 0 spiro atoms. The SMILES string of the molecule is CCC(c1nc2ccccc2c(=O)n1CCCC(=O)OC)N(CCc1ccccn1)C(=O)c1cccc([N+](=O)[O-])c1. The van der Waals surface area contributed by atoms with Crippen molar-refractivity contribution in [2.45, 2.75) is 45.2 Å². The van der Waals surface area contributed by atoms with E-state index in [0.717, 1.165) is 5.69 Å². The number of nitro groups is 1. The Morgan fingerprint density at radius 1 is 1.10 bits per heavy atom. The molecule has 4 rings (SSSR count). The Morgan fingerprint density at radius 2 is 1.88 bits per heavy atom. The van der Waals surface area contributed by atoms with E-state index in [1.807, 2.05) is 19.1 Å². The lowest BCUT2D eigenvalue weighted by molar-refractivity contribution is -0.384. The van der Waals surface area contributed by atoms with Crippen LogP contribution in [0.2, 0.25) is 0 Å². The van der Waals surface area contributed by atoms with Crippen molar-refractivity contribution in [3.8, 4) is 0 Å². The van der Waals surface area contributed by atoms with E-state index in [9.17, 15) is 24.5 Å². The standard InChI is InChI=1S/C30H31N5O6/c1-3-26(28-32-25-14-5-4-13-24(25)30(38)34(28)18-9-15-27(36)41-2)33(19-16-22-11-6-7-17-31-22)29(37)21-10-8-12-23(20-21)35(39)40/h4-8,10-14,17,20,26H,3,9,15-16,18-19H2,1-2H3. The monoisotopic (exact) mass is 557 g/mol. The van der Waals surface area contributed by atoms with Crippen LogP contribution in [0.1, 0.15) is 54.1 Å². The first-order valence-corrected chi connectivity index (χ1v) is 13.4. The highest BCUT2D eigenvalue weighted by Crippen LogP contribution is 2.27. The number of ether oxygens (including phenoxy) is 1. The molecule has 11 nitrogen and oxygen atoms in total. The lowest BCUT2D eigenvalue weighted by Crippen LogP contribution is -2.40. The second-order valence-corrected chi connectivity index (χ2v) is 9.42. The molecule has 0 saturated carbocycles. The number of non-ortho nitro benzene ring substituents is 1. The first-order valence-electron chi connectivity index (χ1n) is 13.4. The van der Waals surface area contributed by atoms with Gasteiger partial charge in [-0.3, -0.25) is 34.0 Å². The van der Waals surface area contributed by atoms with Gasteiger partial charge in [0.05, 0.1) is 29.0 Å². The third kappa shape index (κ3) is 6.81. The van der Waals surface area contributed by atoms with Gasteiger partial charge < -0.3 is 9.64 Å². The number of nitrogens with zero attached hydrogens (tertiary/aromatic N) is 5. The number of carbonyl (C=O) groups excluding carboxylic acids is 2. The smallest absolute Gasteiger partial charge is 0.305 e. The zero-order chi connectivity index (χ0) is 29.4. The molecular weight excluding hydrogens is 526 g/mol. The van der Waals surface area contributed by atoms with Crippen LogP contribution >= 0.6 is 0 Å². The fourth-order valence-electron chi connectivity index (χ4n) is 4.78. The molecule has 0 N–H and O–H groups in total. The van der Waals surface area contributed by atoms with Gasteiger partial charge in [0.2, 0.25) is 0 Å². The number of pyridine rings is 1. The molecule has 0 fully saturated rings. The second kappa shape index (κ2) is 13.4. The van der Waals surface area contributed by atoms with Gasteiger partial charge >= 0.3 is 5.97 Å². The third-order valence-corrected chi connectivity index (χ3v) is 6.84. The highest BCUT2D eigenvalue weighted by atomic mass is 16.6. The predicted molar refractivity (Wildman–Crippen MR) is 152 cm³/mol. The predicted octanol–water partition coefficient (Wildman–Crippen LogP) is 4.49. The molecule has 1 unspecified atom stereocenters. The summed E-state index contributed by atoms with van der Waals surface area (Å²) in [6, 6.07) is 17.4. The van der Waals surface area contributed by atoms with Gasteiger partial charge in [-0.25, -0.2) is 4.98 Å². The number of nitro benzene ring substituents is 1. The minimum Gasteiger partial charge on any atom is -0.469 e. The summed E-state index contributed by atoms with van der Waals surface area (Å²) in [4.78, 5) is 61.2. The van der Waals surface area contributed by atoms with Gasteiger partial charge in [-0.15, -0.1) is 0 Å². The van der Waals surface area contributed by atoms with Gasteiger partial charge in [0.25, 0.3) is 17.2 Å². The minimum absolute atomic E-state index is 0.113. The molecule has 212 valence electrons. The van der Waals surface area contributed by atoms with Crippen LogP contribution in [-0.4, -0.2) is 49.9 Å². The normalized spacial score (nSPS) is 11.7. The lowest BCUT2D eigenvalue weighted by atomic mass is 10.1. The number of hydrogen-bond acceptors (Lipinski definition) is 8. The number of hydrogen-bond donors (Lipinski definition) is 0. The molecule has 4 aromatic rings. The Hall–Kier alpha value is -4.93. The van der Waals surface area contributed by atoms with Crippen molar-refractivity contribution in [2.75, 3.05) is 13.7 Å². The number of rotatable bonds is 12. The molecule has 0 radical (unpaired) electrons. The van der Waals surface area contributed by atoms with Crippen LogP contribution in [0.3, 0.4) is 0 Å². The largest absolute Gasteiger partial charge is 0.469 e. The van der Waals surface area contributed by atoms with Gasteiger partial charge in [0.15, 0.2) is 0 Å². The molecule has 0 aliphatic carbocycles. The molecule has 11 heteroatoms. The maximum atomic E-state index is 14.0. The first kappa shape index (κ1) is 29.1. The van der Waals surface area contributed by atoms with E-state index in [1.54, 1.807) is 41.4 Å². The lowest BCUT2D eigenvalue weighted by Gasteiger charge is -2.32. The molecule has 0 saturated heterocycles. The number of esters is 1. The van der Waals surface area contributed by atoms with E-state index in [2.05, 4.69) is 4.98 Å². The molecule has 1 atom stereocenters. The summed E-state index contributed by atoms with van der Waals surface area (Å²) < 4.78 is 6.28. The summed E-state index contributed by atoms with van der Waals surface area (Å²) in [6.07, 6.45) is 2.94. The van der Waals surface area contributed by atoms with Gasteiger partial charge in [-0.05, 0) is 43.2 Å². The summed E-state index contributed by atoms with van der Waals surface area (Å²) in [5.41, 5.74) is 0.932. The third-order valence-electron chi connectivity index (χ3n) is 6.84.